The standard InChI is InChI=1S/C12H14N4OS/c1-8-7-14-12(16-13)15-11(8)18-10-5-3-9(17-2)4-6-10/h3-7H,13H2,1-2H3,(H,14,15,16). The summed E-state index contributed by atoms with van der Waals surface area (Å²) in [5.41, 5.74) is 3.45. The predicted molar refractivity (Wildman–Crippen MR) is 71.7 cm³/mol. The van der Waals surface area contributed by atoms with Crippen LogP contribution >= 0.6 is 11.8 Å². The first-order valence-electron chi connectivity index (χ1n) is 5.35. The van der Waals surface area contributed by atoms with Crippen LogP contribution in [0.5, 0.6) is 5.75 Å². The van der Waals surface area contributed by atoms with Crippen LogP contribution in [-0.4, -0.2) is 17.1 Å². The molecule has 0 spiro atoms. The van der Waals surface area contributed by atoms with Crippen LogP contribution in [0, 0.1) is 6.92 Å². The van der Waals surface area contributed by atoms with Gasteiger partial charge in [0.05, 0.1) is 7.11 Å². The molecule has 0 aliphatic rings. The summed E-state index contributed by atoms with van der Waals surface area (Å²) in [5.74, 6) is 6.55. The monoisotopic (exact) mass is 262 g/mol. The van der Waals surface area contributed by atoms with E-state index >= 15 is 0 Å². The fraction of sp³-hybridized carbons (Fsp3) is 0.167. The van der Waals surface area contributed by atoms with Crippen LogP contribution in [0.3, 0.4) is 0 Å². The van der Waals surface area contributed by atoms with Crippen molar-refractivity contribution in [3.8, 4) is 5.75 Å². The van der Waals surface area contributed by atoms with Crippen molar-refractivity contribution >= 4 is 17.7 Å². The van der Waals surface area contributed by atoms with Crippen LogP contribution in [-0.2, 0) is 0 Å². The predicted octanol–water partition coefficient (Wildman–Crippen LogP) is 2.23. The number of nitrogens with zero attached hydrogens (tertiary/aromatic N) is 2. The van der Waals surface area contributed by atoms with Crippen LogP contribution in [0.15, 0.2) is 40.4 Å². The lowest BCUT2D eigenvalue weighted by atomic mass is 10.3. The number of methoxy groups -OCH3 is 1. The van der Waals surface area contributed by atoms with E-state index in [2.05, 4.69) is 15.4 Å². The fourth-order valence-corrected chi connectivity index (χ4v) is 2.20. The molecular formula is C12H14N4OS. The zero-order chi connectivity index (χ0) is 13.0. The molecule has 1 aromatic carbocycles. The molecule has 0 amide bonds. The third-order valence-electron chi connectivity index (χ3n) is 2.33. The van der Waals surface area contributed by atoms with E-state index < -0.39 is 0 Å². The van der Waals surface area contributed by atoms with Crippen molar-refractivity contribution < 1.29 is 4.74 Å². The topological polar surface area (TPSA) is 73.1 Å². The van der Waals surface area contributed by atoms with Gasteiger partial charge in [0.25, 0.3) is 0 Å². The SMILES string of the molecule is COc1ccc(Sc2nc(NN)ncc2C)cc1. The summed E-state index contributed by atoms with van der Waals surface area (Å²) >= 11 is 1.56. The van der Waals surface area contributed by atoms with E-state index in [4.69, 9.17) is 10.6 Å². The molecule has 0 saturated carbocycles. The number of aromatic nitrogens is 2. The van der Waals surface area contributed by atoms with Gasteiger partial charge in [0.15, 0.2) is 0 Å². The average Bonchev–Trinajstić information content (AvgIpc) is 2.42. The molecule has 0 unspecified atom stereocenters. The van der Waals surface area contributed by atoms with Crippen LogP contribution in [0.1, 0.15) is 5.56 Å². The Kier molecular flexibility index (Phi) is 4.01. The first-order valence-corrected chi connectivity index (χ1v) is 6.16. The Morgan fingerprint density at radius 2 is 2.00 bits per heavy atom. The minimum atomic E-state index is 0.414. The van der Waals surface area contributed by atoms with Gasteiger partial charge in [-0.3, -0.25) is 5.43 Å². The van der Waals surface area contributed by atoms with E-state index in [9.17, 15) is 0 Å². The van der Waals surface area contributed by atoms with E-state index in [-0.39, 0.29) is 0 Å². The molecule has 0 radical (unpaired) electrons. The quantitative estimate of drug-likeness (QED) is 0.500. The second kappa shape index (κ2) is 5.70. The highest BCUT2D eigenvalue weighted by atomic mass is 32.2. The summed E-state index contributed by atoms with van der Waals surface area (Å²) in [5, 5.41) is 0.878. The number of benzene rings is 1. The van der Waals surface area contributed by atoms with Crippen molar-refractivity contribution in [1.29, 1.82) is 0 Å². The smallest absolute Gasteiger partial charge is 0.238 e. The molecule has 2 rings (SSSR count). The summed E-state index contributed by atoms with van der Waals surface area (Å²) in [6.07, 6.45) is 1.74. The second-order valence-electron chi connectivity index (χ2n) is 3.60. The Hall–Kier alpha value is -1.79. The van der Waals surface area contributed by atoms with Gasteiger partial charge in [0.1, 0.15) is 10.8 Å². The van der Waals surface area contributed by atoms with Gasteiger partial charge < -0.3 is 4.74 Å². The molecule has 1 heterocycles. The van der Waals surface area contributed by atoms with Gasteiger partial charge in [0, 0.05) is 16.7 Å². The molecule has 3 N–H and O–H groups in total. The number of nitrogens with two attached hydrogens (primary N) is 1. The Morgan fingerprint density at radius 3 is 2.61 bits per heavy atom. The number of anilines is 1. The Morgan fingerprint density at radius 1 is 1.28 bits per heavy atom. The lowest BCUT2D eigenvalue weighted by Crippen LogP contribution is -2.10. The molecule has 5 nitrogen and oxygen atoms in total. The maximum Gasteiger partial charge on any atom is 0.238 e. The van der Waals surface area contributed by atoms with Gasteiger partial charge in [-0.1, -0.05) is 11.8 Å². The summed E-state index contributed by atoms with van der Waals surface area (Å²) in [4.78, 5) is 9.44. The van der Waals surface area contributed by atoms with Crippen LogP contribution < -0.4 is 16.0 Å². The minimum Gasteiger partial charge on any atom is -0.497 e. The van der Waals surface area contributed by atoms with Gasteiger partial charge in [0.2, 0.25) is 5.95 Å². The lowest BCUT2D eigenvalue weighted by Gasteiger charge is -2.06. The fourth-order valence-electron chi connectivity index (χ4n) is 1.35. The van der Waals surface area contributed by atoms with Crippen molar-refractivity contribution in [1.82, 2.24) is 9.97 Å². The maximum absolute atomic E-state index is 5.30. The molecule has 18 heavy (non-hydrogen) atoms. The Balaban J connectivity index is 2.21. The second-order valence-corrected chi connectivity index (χ2v) is 4.67. The number of hydrogen-bond donors (Lipinski definition) is 2. The third-order valence-corrected chi connectivity index (χ3v) is 3.44. The zero-order valence-corrected chi connectivity index (χ0v) is 11.0. The summed E-state index contributed by atoms with van der Waals surface area (Å²) in [7, 11) is 1.65. The molecule has 1 aromatic heterocycles. The number of nitrogens with one attached hydrogen (secondary N) is 1. The van der Waals surface area contributed by atoms with Gasteiger partial charge in [-0.25, -0.2) is 15.8 Å². The summed E-state index contributed by atoms with van der Waals surface area (Å²) < 4.78 is 5.12. The van der Waals surface area contributed by atoms with E-state index in [1.807, 2.05) is 31.2 Å². The molecule has 0 aliphatic heterocycles. The first-order chi connectivity index (χ1) is 8.72. The number of hydrazine groups is 1. The maximum atomic E-state index is 5.30. The van der Waals surface area contributed by atoms with E-state index in [0.29, 0.717) is 5.95 Å². The highest BCUT2D eigenvalue weighted by molar-refractivity contribution is 7.99. The molecular weight excluding hydrogens is 248 g/mol. The molecule has 0 saturated heterocycles. The molecule has 0 fully saturated rings. The van der Waals surface area contributed by atoms with Gasteiger partial charge in [-0.2, -0.15) is 0 Å². The highest BCUT2D eigenvalue weighted by Crippen LogP contribution is 2.29. The van der Waals surface area contributed by atoms with Crippen molar-refractivity contribution in [2.45, 2.75) is 16.8 Å². The number of rotatable bonds is 4. The van der Waals surface area contributed by atoms with Gasteiger partial charge in [-0.15, -0.1) is 0 Å². The first kappa shape index (κ1) is 12.7. The van der Waals surface area contributed by atoms with Crippen molar-refractivity contribution in [2.24, 2.45) is 5.84 Å². The average molecular weight is 262 g/mol. The molecule has 0 bridgehead atoms. The van der Waals surface area contributed by atoms with Gasteiger partial charge >= 0.3 is 0 Å². The third kappa shape index (κ3) is 2.91. The lowest BCUT2D eigenvalue weighted by molar-refractivity contribution is 0.414. The molecule has 2 aromatic rings. The summed E-state index contributed by atoms with van der Waals surface area (Å²) in [6.45, 7) is 1.96. The minimum absolute atomic E-state index is 0.414. The Bertz CT molecular complexity index is 530. The van der Waals surface area contributed by atoms with Gasteiger partial charge in [-0.05, 0) is 31.2 Å². The van der Waals surface area contributed by atoms with E-state index in [0.717, 1.165) is 21.2 Å². The number of aryl methyl sites for hydroxylation is 1. The van der Waals surface area contributed by atoms with Crippen LogP contribution in [0.25, 0.3) is 0 Å². The molecule has 6 heteroatoms. The molecule has 0 aliphatic carbocycles. The van der Waals surface area contributed by atoms with Crippen LogP contribution in [0.4, 0.5) is 5.95 Å². The van der Waals surface area contributed by atoms with E-state index in [1.165, 1.54) is 0 Å². The van der Waals surface area contributed by atoms with E-state index in [1.54, 1.807) is 25.1 Å². The molecule has 94 valence electrons. The largest absolute Gasteiger partial charge is 0.497 e. The van der Waals surface area contributed by atoms with Crippen molar-refractivity contribution in [2.75, 3.05) is 12.5 Å². The highest BCUT2D eigenvalue weighted by Gasteiger charge is 2.05. The Labute approximate surface area is 110 Å². The molecule has 0 atom stereocenters. The summed E-state index contributed by atoms with van der Waals surface area (Å²) in [6, 6.07) is 7.81. The number of hydrogen-bond acceptors (Lipinski definition) is 6. The number of ether oxygens (including phenoxy) is 1. The van der Waals surface area contributed by atoms with Crippen molar-refractivity contribution in [3.05, 3.63) is 36.0 Å². The number of nitrogen functional groups attached to an aromatic ring is 1. The normalized spacial score (nSPS) is 10.2. The van der Waals surface area contributed by atoms with Crippen LogP contribution in [0.2, 0.25) is 0 Å². The zero-order valence-electron chi connectivity index (χ0n) is 10.2. The van der Waals surface area contributed by atoms with Crippen molar-refractivity contribution in [3.63, 3.8) is 0 Å².